The molecule has 0 bridgehead atoms. The Morgan fingerprint density at radius 3 is 2.52 bits per heavy atom. The molecule has 1 N–H and O–H groups in total. The van der Waals surface area contributed by atoms with E-state index in [2.05, 4.69) is 48.4 Å². The first kappa shape index (κ1) is 21.3. The maximum atomic E-state index is 12.4. The number of ether oxygens (including phenoxy) is 1. The third-order valence-corrected chi connectivity index (χ3v) is 5.19. The van der Waals surface area contributed by atoms with Crippen molar-refractivity contribution >= 4 is 5.91 Å². The highest BCUT2D eigenvalue weighted by Crippen LogP contribution is 2.38. The highest BCUT2D eigenvalue weighted by Gasteiger charge is 2.31. The maximum Gasteiger partial charge on any atom is 0.249 e. The summed E-state index contributed by atoms with van der Waals surface area (Å²) >= 11 is 0. The second-order valence-electron chi connectivity index (χ2n) is 9.28. The number of rotatable bonds is 9. The molecule has 1 aliphatic rings. The minimum Gasteiger partial charge on any atom is -0.494 e. The Labute approximate surface area is 173 Å². The van der Waals surface area contributed by atoms with Gasteiger partial charge < -0.3 is 14.6 Å². The Morgan fingerprint density at radius 2 is 1.93 bits per heavy atom. The molecular formula is C23H33N3O3. The van der Waals surface area contributed by atoms with Gasteiger partial charge >= 0.3 is 0 Å². The smallest absolute Gasteiger partial charge is 0.249 e. The highest BCUT2D eigenvalue weighted by molar-refractivity contribution is 5.76. The molecule has 158 valence electrons. The zero-order valence-electron chi connectivity index (χ0n) is 18.2. The minimum absolute atomic E-state index is 0.0263. The first-order chi connectivity index (χ1) is 13.7. The fourth-order valence-corrected chi connectivity index (χ4v) is 3.11. The van der Waals surface area contributed by atoms with E-state index in [0.717, 1.165) is 24.4 Å². The van der Waals surface area contributed by atoms with E-state index in [9.17, 15) is 4.79 Å². The summed E-state index contributed by atoms with van der Waals surface area (Å²) in [5.41, 5.74) is 1.40. The fourth-order valence-electron chi connectivity index (χ4n) is 3.11. The number of carbonyl (C=O) groups is 1. The molecule has 1 aliphatic carbocycles. The third-order valence-electron chi connectivity index (χ3n) is 5.19. The van der Waals surface area contributed by atoms with E-state index in [1.807, 2.05) is 26.0 Å². The van der Waals surface area contributed by atoms with E-state index in [1.165, 1.54) is 5.56 Å². The summed E-state index contributed by atoms with van der Waals surface area (Å²) in [7, 11) is 0. The van der Waals surface area contributed by atoms with Crippen molar-refractivity contribution in [3.63, 3.8) is 0 Å². The van der Waals surface area contributed by atoms with Crippen molar-refractivity contribution in [3.8, 4) is 5.75 Å². The van der Waals surface area contributed by atoms with Gasteiger partial charge in [-0.05, 0) is 48.3 Å². The number of hydrogen-bond acceptors (Lipinski definition) is 5. The molecule has 1 heterocycles. The first-order valence-electron chi connectivity index (χ1n) is 10.6. The topological polar surface area (TPSA) is 77.2 Å². The van der Waals surface area contributed by atoms with Crippen molar-refractivity contribution in [2.24, 2.45) is 5.92 Å². The molecule has 29 heavy (non-hydrogen) atoms. The highest BCUT2D eigenvalue weighted by atomic mass is 16.5. The Balaban J connectivity index is 1.43. The van der Waals surface area contributed by atoms with Crippen molar-refractivity contribution in [3.05, 3.63) is 41.5 Å². The predicted molar refractivity (Wildman–Crippen MR) is 112 cm³/mol. The monoisotopic (exact) mass is 399 g/mol. The molecule has 2 aromatic rings. The zero-order valence-corrected chi connectivity index (χ0v) is 18.2. The molecule has 1 fully saturated rings. The van der Waals surface area contributed by atoms with E-state index in [-0.39, 0.29) is 23.3 Å². The normalized spacial score (nSPS) is 15.4. The van der Waals surface area contributed by atoms with Gasteiger partial charge in [0.15, 0.2) is 5.82 Å². The summed E-state index contributed by atoms with van der Waals surface area (Å²) in [5.74, 6) is 2.68. The molecule has 0 spiro atoms. The molecule has 1 aromatic heterocycles. The molecule has 0 radical (unpaired) electrons. The molecule has 0 saturated heterocycles. The lowest BCUT2D eigenvalue weighted by molar-refractivity contribution is -0.122. The molecule has 1 amide bonds. The maximum absolute atomic E-state index is 12.4. The van der Waals surface area contributed by atoms with Crippen molar-refractivity contribution in [2.75, 3.05) is 6.61 Å². The van der Waals surface area contributed by atoms with Gasteiger partial charge in [-0.25, -0.2) is 0 Å². The SMILES string of the molecule is CC(C)C(NC(=O)CCCOc1ccc(C(C)(C)C)cc1)c1nc(C2CC2)no1. The van der Waals surface area contributed by atoms with E-state index < -0.39 is 0 Å². The summed E-state index contributed by atoms with van der Waals surface area (Å²) in [5, 5.41) is 7.10. The van der Waals surface area contributed by atoms with Crippen LogP contribution >= 0.6 is 0 Å². The quantitative estimate of drug-likeness (QED) is 0.606. The van der Waals surface area contributed by atoms with Crippen LogP contribution in [-0.2, 0) is 10.2 Å². The van der Waals surface area contributed by atoms with Gasteiger partial charge in [-0.1, -0.05) is 51.9 Å². The largest absolute Gasteiger partial charge is 0.494 e. The van der Waals surface area contributed by atoms with E-state index >= 15 is 0 Å². The molecular weight excluding hydrogens is 366 g/mol. The van der Waals surface area contributed by atoms with Gasteiger partial charge in [0.2, 0.25) is 11.8 Å². The van der Waals surface area contributed by atoms with Crippen LogP contribution in [0.1, 0.15) is 89.5 Å². The van der Waals surface area contributed by atoms with E-state index in [0.29, 0.717) is 31.3 Å². The van der Waals surface area contributed by atoms with Gasteiger partial charge in [0.25, 0.3) is 0 Å². The Kier molecular flexibility index (Phi) is 6.60. The predicted octanol–water partition coefficient (Wildman–Crippen LogP) is 4.92. The summed E-state index contributed by atoms with van der Waals surface area (Å²) < 4.78 is 11.2. The molecule has 1 saturated carbocycles. The van der Waals surface area contributed by atoms with E-state index in [4.69, 9.17) is 9.26 Å². The van der Waals surface area contributed by atoms with Crippen LogP contribution in [0.2, 0.25) is 0 Å². The fraction of sp³-hybridized carbons (Fsp3) is 0.609. The lowest BCUT2D eigenvalue weighted by Crippen LogP contribution is -2.32. The lowest BCUT2D eigenvalue weighted by Gasteiger charge is -2.19. The summed E-state index contributed by atoms with van der Waals surface area (Å²) in [6.07, 6.45) is 3.29. The molecule has 6 heteroatoms. The number of aromatic nitrogens is 2. The van der Waals surface area contributed by atoms with Crippen LogP contribution < -0.4 is 10.1 Å². The van der Waals surface area contributed by atoms with Gasteiger partial charge in [-0.15, -0.1) is 0 Å². The number of carbonyl (C=O) groups excluding carboxylic acids is 1. The molecule has 1 aromatic carbocycles. The number of nitrogens with zero attached hydrogens (tertiary/aromatic N) is 2. The average Bonchev–Trinajstić information content (AvgIpc) is 3.40. The van der Waals surface area contributed by atoms with Crippen LogP contribution in [0.3, 0.4) is 0 Å². The molecule has 0 aliphatic heterocycles. The zero-order chi connectivity index (χ0) is 21.0. The van der Waals surface area contributed by atoms with Gasteiger partial charge in [0, 0.05) is 12.3 Å². The average molecular weight is 400 g/mol. The minimum atomic E-state index is -0.256. The summed E-state index contributed by atoms with van der Waals surface area (Å²) in [4.78, 5) is 16.9. The number of hydrogen-bond donors (Lipinski definition) is 1. The van der Waals surface area contributed by atoms with Crippen LogP contribution in [0.15, 0.2) is 28.8 Å². The Morgan fingerprint density at radius 1 is 1.24 bits per heavy atom. The third kappa shape index (κ3) is 6.05. The van der Waals surface area contributed by atoms with Crippen LogP contribution in [0.5, 0.6) is 5.75 Å². The second-order valence-corrected chi connectivity index (χ2v) is 9.28. The summed E-state index contributed by atoms with van der Waals surface area (Å²) in [6.45, 7) is 11.1. The van der Waals surface area contributed by atoms with Crippen molar-refractivity contribution in [2.45, 2.75) is 77.7 Å². The second kappa shape index (κ2) is 8.97. The van der Waals surface area contributed by atoms with Crippen LogP contribution in [0, 0.1) is 5.92 Å². The Hall–Kier alpha value is -2.37. The molecule has 1 unspecified atom stereocenters. The number of nitrogens with one attached hydrogen (secondary N) is 1. The van der Waals surface area contributed by atoms with Crippen molar-refractivity contribution < 1.29 is 14.1 Å². The standard InChI is InChI=1S/C23H33N3O3/c1-15(2)20(22-25-21(26-29-22)16-8-9-16)24-19(27)7-6-14-28-18-12-10-17(11-13-18)23(3,4)5/h10-13,15-16,20H,6-9,14H2,1-5H3,(H,24,27). The van der Waals surface area contributed by atoms with Crippen molar-refractivity contribution in [1.29, 1.82) is 0 Å². The van der Waals surface area contributed by atoms with Gasteiger partial charge in [0.05, 0.1) is 6.61 Å². The number of amides is 1. The van der Waals surface area contributed by atoms with E-state index in [1.54, 1.807) is 0 Å². The van der Waals surface area contributed by atoms with Crippen LogP contribution in [-0.4, -0.2) is 22.7 Å². The summed E-state index contributed by atoms with van der Waals surface area (Å²) in [6, 6.07) is 7.91. The van der Waals surface area contributed by atoms with Crippen LogP contribution in [0.25, 0.3) is 0 Å². The van der Waals surface area contributed by atoms with Gasteiger partial charge in [-0.2, -0.15) is 4.98 Å². The number of benzene rings is 1. The molecule has 3 rings (SSSR count). The van der Waals surface area contributed by atoms with Crippen LogP contribution in [0.4, 0.5) is 0 Å². The lowest BCUT2D eigenvalue weighted by atomic mass is 9.87. The van der Waals surface area contributed by atoms with Crippen molar-refractivity contribution in [1.82, 2.24) is 15.5 Å². The first-order valence-corrected chi connectivity index (χ1v) is 10.6. The van der Waals surface area contributed by atoms with Gasteiger partial charge in [-0.3, -0.25) is 4.79 Å². The Bertz CT molecular complexity index is 802. The van der Waals surface area contributed by atoms with Gasteiger partial charge in [0.1, 0.15) is 11.8 Å². The molecule has 6 nitrogen and oxygen atoms in total. The molecule has 1 atom stereocenters.